The summed E-state index contributed by atoms with van der Waals surface area (Å²) >= 11 is 0. The summed E-state index contributed by atoms with van der Waals surface area (Å²) in [6.07, 6.45) is -3.09. The Labute approximate surface area is 208 Å². The molecule has 4 aromatic heterocycles. The molecule has 0 bridgehead atoms. The summed E-state index contributed by atoms with van der Waals surface area (Å²) in [5.74, 6) is 0.748. The smallest absolute Gasteiger partial charge is 0.378 e. The van der Waals surface area contributed by atoms with E-state index in [0.717, 1.165) is 6.54 Å². The summed E-state index contributed by atoms with van der Waals surface area (Å²) in [6, 6.07) is 4.94. The number of hydrogen-bond donors (Lipinski definition) is 2. The quantitative estimate of drug-likeness (QED) is 0.376. The number of imidazole rings is 1. The molecule has 2 N–H and O–H groups in total. The van der Waals surface area contributed by atoms with Gasteiger partial charge in [0.25, 0.3) is 0 Å². The topological polar surface area (TPSA) is 96.9 Å². The first-order valence-electron chi connectivity index (χ1n) is 12.0. The van der Waals surface area contributed by atoms with Crippen molar-refractivity contribution in [2.24, 2.45) is 0 Å². The van der Waals surface area contributed by atoms with Crippen LogP contribution >= 0.6 is 0 Å². The van der Waals surface area contributed by atoms with Crippen molar-refractivity contribution < 1.29 is 22.3 Å². The Bertz CT molecular complexity index is 1430. The lowest BCUT2D eigenvalue weighted by molar-refractivity contribution is -0.128. The molecule has 14 heteroatoms. The van der Waals surface area contributed by atoms with E-state index in [9.17, 15) is 17.6 Å². The number of fused-ring (bicyclic) bond motifs is 2. The monoisotopic (exact) mass is 519 g/mol. The Morgan fingerprint density at radius 3 is 2.70 bits per heavy atom. The number of nitrogens with zero attached hydrogens (tertiary/aromatic N) is 7. The highest BCUT2D eigenvalue weighted by Gasteiger charge is 2.36. The van der Waals surface area contributed by atoms with E-state index in [-0.39, 0.29) is 11.6 Å². The van der Waals surface area contributed by atoms with Crippen LogP contribution in [0, 0.1) is 0 Å². The highest BCUT2D eigenvalue weighted by molar-refractivity contribution is 5.87. The van der Waals surface area contributed by atoms with E-state index in [4.69, 9.17) is 4.74 Å². The summed E-state index contributed by atoms with van der Waals surface area (Å²) in [6.45, 7) is 2.40. The molecular formula is C23H25F4N9O. The van der Waals surface area contributed by atoms with Gasteiger partial charge in [0.15, 0.2) is 11.5 Å². The minimum atomic E-state index is -4.38. The average Bonchev–Trinajstić information content (AvgIpc) is 3.42. The van der Waals surface area contributed by atoms with Gasteiger partial charge >= 0.3 is 6.18 Å². The molecule has 2 saturated heterocycles. The maximum Gasteiger partial charge on any atom is 0.394 e. The summed E-state index contributed by atoms with van der Waals surface area (Å²) in [7, 11) is 1.70. The van der Waals surface area contributed by atoms with Crippen molar-refractivity contribution in [3.05, 3.63) is 36.3 Å². The zero-order valence-corrected chi connectivity index (χ0v) is 19.9. The molecule has 2 aliphatic heterocycles. The second kappa shape index (κ2) is 9.10. The first-order valence-corrected chi connectivity index (χ1v) is 12.0. The molecule has 2 fully saturated rings. The Morgan fingerprint density at radius 2 is 2.00 bits per heavy atom. The molecular weight excluding hydrogens is 494 g/mol. The molecule has 0 amide bonds. The van der Waals surface area contributed by atoms with Crippen LogP contribution in [0.25, 0.3) is 22.4 Å². The molecule has 4 aromatic rings. The van der Waals surface area contributed by atoms with Crippen molar-refractivity contribution in [1.82, 2.24) is 34.1 Å². The fraction of sp³-hybridized carbons (Fsp3) is 0.478. The minimum absolute atomic E-state index is 0.0545. The first kappa shape index (κ1) is 23.9. The number of ether oxygens (including phenoxy) is 1. The molecule has 0 aliphatic carbocycles. The number of likely N-dealkylation sites (tertiary alicyclic amines) is 1. The van der Waals surface area contributed by atoms with Crippen molar-refractivity contribution in [3.8, 4) is 11.3 Å². The lowest BCUT2D eigenvalue weighted by atomic mass is 10.0. The molecule has 6 rings (SSSR count). The van der Waals surface area contributed by atoms with Crippen molar-refractivity contribution in [1.29, 1.82) is 0 Å². The van der Waals surface area contributed by atoms with Gasteiger partial charge in [-0.05, 0) is 24.6 Å². The zero-order valence-electron chi connectivity index (χ0n) is 19.9. The van der Waals surface area contributed by atoms with Crippen LogP contribution in [-0.4, -0.2) is 91.9 Å². The number of nitrogens with one attached hydrogen (secondary N) is 2. The van der Waals surface area contributed by atoms with Gasteiger partial charge in [0.1, 0.15) is 11.7 Å². The Kier molecular flexibility index (Phi) is 5.87. The predicted octanol–water partition coefficient (Wildman–Crippen LogP) is 2.81. The summed E-state index contributed by atoms with van der Waals surface area (Å²) in [4.78, 5) is 10.7. The van der Waals surface area contributed by atoms with E-state index >= 15 is 0 Å². The van der Waals surface area contributed by atoms with Gasteiger partial charge < -0.3 is 15.4 Å². The molecule has 0 unspecified atom stereocenters. The van der Waals surface area contributed by atoms with Gasteiger partial charge in [0, 0.05) is 31.9 Å². The van der Waals surface area contributed by atoms with E-state index in [1.165, 1.54) is 10.7 Å². The summed E-state index contributed by atoms with van der Waals surface area (Å²) in [5, 5.41) is 15.1. The minimum Gasteiger partial charge on any atom is -0.378 e. The predicted molar refractivity (Wildman–Crippen MR) is 127 cm³/mol. The zero-order chi connectivity index (χ0) is 25.7. The molecule has 196 valence electrons. The van der Waals surface area contributed by atoms with Crippen LogP contribution in [-0.2, 0) is 11.2 Å². The summed E-state index contributed by atoms with van der Waals surface area (Å²) in [5.41, 5.74) is 1.92. The molecule has 0 saturated carbocycles. The maximum absolute atomic E-state index is 15.0. The third kappa shape index (κ3) is 4.55. The molecule has 0 aromatic carbocycles. The highest BCUT2D eigenvalue weighted by Crippen LogP contribution is 2.30. The van der Waals surface area contributed by atoms with E-state index in [1.54, 1.807) is 36.0 Å². The molecule has 2 aliphatic rings. The van der Waals surface area contributed by atoms with Crippen LogP contribution in [0.3, 0.4) is 0 Å². The Morgan fingerprint density at radius 1 is 1.16 bits per heavy atom. The van der Waals surface area contributed by atoms with Gasteiger partial charge in [-0.2, -0.15) is 23.3 Å². The number of rotatable bonds is 6. The van der Waals surface area contributed by atoms with Crippen molar-refractivity contribution in [3.63, 3.8) is 0 Å². The maximum atomic E-state index is 15.0. The van der Waals surface area contributed by atoms with Gasteiger partial charge in [-0.25, -0.2) is 18.4 Å². The van der Waals surface area contributed by atoms with Gasteiger partial charge in [0.2, 0.25) is 5.95 Å². The first-order chi connectivity index (χ1) is 17.8. The second-order valence-corrected chi connectivity index (χ2v) is 9.33. The lowest BCUT2D eigenvalue weighted by Gasteiger charge is -2.42. The molecule has 0 spiro atoms. The molecule has 6 heterocycles. The average molecular weight is 520 g/mol. The van der Waals surface area contributed by atoms with Crippen molar-refractivity contribution >= 4 is 22.9 Å². The number of anilines is 2. The second-order valence-electron chi connectivity index (χ2n) is 9.33. The van der Waals surface area contributed by atoms with Gasteiger partial charge in [-0.3, -0.25) is 4.90 Å². The molecule has 37 heavy (non-hydrogen) atoms. The fourth-order valence-electron chi connectivity index (χ4n) is 4.88. The van der Waals surface area contributed by atoms with Crippen LogP contribution in [0.15, 0.2) is 30.6 Å². The van der Waals surface area contributed by atoms with Gasteiger partial charge in [-0.15, -0.1) is 5.10 Å². The number of alkyl halides is 4. The van der Waals surface area contributed by atoms with Gasteiger partial charge in [-0.1, -0.05) is 0 Å². The van der Waals surface area contributed by atoms with Crippen LogP contribution in [0.4, 0.5) is 29.3 Å². The fourth-order valence-corrected chi connectivity index (χ4v) is 4.88. The number of aromatic nitrogens is 6. The number of piperidine rings is 1. The van der Waals surface area contributed by atoms with Crippen LogP contribution in [0.1, 0.15) is 12.1 Å². The van der Waals surface area contributed by atoms with E-state index in [0.29, 0.717) is 60.5 Å². The third-order valence-corrected chi connectivity index (χ3v) is 6.86. The molecule has 0 radical (unpaired) electrons. The SMILES string of the molecule is CNc1nc(N[C@H]2CCN(C3COC3)C[C@H]2F)nn2ccc(-c3ccc4ncc(CC(F)(F)F)n4n3)c12. The van der Waals surface area contributed by atoms with Crippen molar-refractivity contribution in [2.75, 3.05) is 44.0 Å². The largest absolute Gasteiger partial charge is 0.394 e. The highest BCUT2D eigenvalue weighted by atomic mass is 19.4. The normalized spacial score (nSPS) is 21.4. The van der Waals surface area contributed by atoms with Crippen LogP contribution in [0.2, 0.25) is 0 Å². The molecule has 2 atom stereocenters. The van der Waals surface area contributed by atoms with E-state index in [1.807, 2.05) is 0 Å². The summed E-state index contributed by atoms with van der Waals surface area (Å²) < 4.78 is 62.0. The van der Waals surface area contributed by atoms with Gasteiger partial charge in [0.05, 0.1) is 49.3 Å². The molecule has 10 nitrogen and oxygen atoms in total. The number of halogens is 4. The number of hydrogen-bond acceptors (Lipinski definition) is 8. The van der Waals surface area contributed by atoms with E-state index in [2.05, 4.69) is 35.7 Å². The lowest BCUT2D eigenvalue weighted by Crippen LogP contribution is -2.57. The van der Waals surface area contributed by atoms with Crippen LogP contribution in [0.5, 0.6) is 0 Å². The standard InChI is InChI=1S/C23H25F4N9O/c1-28-21-20-15(17-2-3-19-29-9-13(36(19)32-17)8-23(25,26)27)4-7-35(20)33-22(31-21)30-18-5-6-34(10-16(18)24)14-11-37-12-14/h2-4,7,9,14,16,18H,5-6,8,10-12H2,1H3,(H2,28,30,31,33)/t16-,18+/m1/s1. The Balaban J connectivity index is 1.28. The van der Waals surface area contributed by atoms with E-state index < -0.39 is 24.8 Å². The van der Waals surface area contributed by atoms with Crippen molar-refractivity contribution in [2.45, 2.75) is 37.3 Å². The van der Waals surface area contributed by atoms with Crippen LogP contribution < -0.4 is 10.6 Å². The Hall–Kier alpha value is -3.52. The third-order valence-electron chi connectivity index (χ3n) is 6.86.